The second kappa shape index (κ2) is 6.14. The number of carbonyl (C=O) groups excluding carboxylic acids is 1. The van der Waals surface area contributed by atoms with E-state index in [-0.39, 0.29) is 11.7 Å². The van der Waals surface area contributed by atoms with Gasteiger partial charge in [-0.15, -0.1) is 0 Å². The normalized spacial score (nSPS) is 10.8. The van der Waals surface area contributed by atoms with Crippen LogP contribution in [0.2, 0.25) is 10.0 Å². The smallest absolute Gasteiger partial charge is 0.291 e. The summed E-state index contributed by atoms with van der Waals surface area (Å²) < 4.78 is 10.9. The predicted molar refractivity (Wildman–Crippen MR) is 91.9 cm³/mol. The van der Waals surface area contributed by atoms with E-state index >= 15 is 0 Å². The Balaban J connectivity index is 1.96. The molecule has 0 bridgehead atoms. The highest BCUT2D eigenvalue weighted by Crippen LogP contribution is 2.30. The van der Waals surface area contributed by atoms with Gasteiger partial charge in [-0.2, -0.15) is 0 Å². The molecular weight excluding hydrogens is 337 g/mol. The van der Waals surface area contributed by atoms with Gasteiger partial charge < -0.3 is 14.5 Å². The zero-order valence-corrected chi connectivity index (χ0v) is 14.0. The molecule has 2 aromatic carbocycles. The van der Waals surface area contributed by atoms with Crippen LogP contribution in [0.4, 0.5) is 5.69 Å². The largest absolute Gasteiger partial charge is 0.497 e. The molecule has 3 aromatic rings. The highest BCUT2D eigenvalue weighted by molar-refractivity contribution is 6.36. The number of benzene rings is 2. The molecule has 0 atom stereocenters. The van der Waals surface area contributed by atoms with Gasteiger partial charge in [0.25, 0.3) is 5.91 Å². The summed E-state index contributed by atoms with van der Waals surface area (Å²) in [6.45, 7) is 1.82. The van der Waals surface area contributed by atoms with Crippen LogP contribution in [0.5, 0.6) is 5.75 Å². The van der Waals surface area contributed by atoms with Crippen LogP contribution in [0.25, 0.3) is 11.0 Å². The van der Waals surface area contributed by atoms with Crippen LogP contribution in [0, 0.1) is 6.92 Å². The molecule has 4 nitrogen and oxygen atoms in total. The molecule has 0 fully saturated rings. The number of carbonyl (C=O) groups is 1. The first-order valence-electron chi connectivity index (χ1n) is 6.83. The lowest BCUT2D eigenvalue weighted by Gasteiger charge is -2.06. The Hall–Kier alpha value is -2.17. The minimum atomic E-state index is -0.373. The van der Waals surface area contributed by atoms with Gasteiger partial charge in [0, 0.05) is 16.0 Å². The lowest BCUT2D eigenvalue weighted by atomic mass is 10.1. The third-order valence-corrected chi connectivity index (χ3v) is 4.08. The van der Waals surface area contributed by atoms with Crippen LogP contribution in [0.3, 0.4) is 0 Å². The van der Waals surface area contributed by atoms with Gasteiger partial charge in [0.1, 0.15) is 11.3 Å². The number of amides is 1. The number of hydrogen-bond acceptors (Lipinski definition) is 3. The first kappa shape index (κ1) is 15.7. The first-order valence-corrected chi connectivity index (χ1v) is 7.58. The number of nitrogens with one attached hydrogen (secondary N) is 1. The molecule has 0 saturated carbocycles. The number of halogens is 2. The number of furan rings is 1. The summed E-state index contributed by atoms with van der Waals surface area (Å²) >= 11 is 11.9. The molecule has 0 saturated heterocycles. The molecule has 0 radical (unpaired) electrons. The second-order valence-corrected chi connectivity index (χ2v) is 5.84. The van der Waals surface area contributed by atoms with Crippen molar-refractivity contribution in [3.05, 3.63) is 57.8 Å². The minimum Gasteiger partial charge on any atom is -0.497 e. The molecule has 0 spiro atoms. The van der Waals surface area contributed by atoms with E-state index in [0.29, 0.717) is 27.1 Å². The van der Waals surface area contributed by atoms with Crippen molar-refractivity contribution in [2.45, 2.75) is 6.92 Å². The number of rotatable bonds is 3. The van der Waals surface area contributed by atoms with Gasteiger partial charge in [0.2, 0.25) is 0 Å². The minimum absolute atomic E-state index is 0.235. The van der Waals surface area contributed by atoms with Crippen LogP contribution in [0.15, 0.2) is 40.8 Å². The lowest BCUT2D eigenvalue weighted by molar-refractivity contribution is 0.0998. The number of aryl methyl sites for hydroxylation is 1. The number of anilines is 1. The topological polar surface area (TPSA) is 51.5 Å². The van der Waals surface area contributed by atoms with E-state index in [1.165, 1.54) is 0 Å². The fraction of sp³-hybridized carbons (Fsp3) is 0.118. The quantitative estimate of drug-likeness (QED) is 0.697. The van der Waals surface area contributed by atoms with Gasteiger partial charge in [0.05, 0.1) is 17.8 Å². The summed E-state index contributed by atoms with van der Waals surface area (Å²) in [5, 5.41) is 4.42. The van der Waals surface area contributed by atoms with E-state index in [0.717, 1.165) is 10.9 Å². The van der Waals surface area contributed by atoms with Crippen LogP contribution < -0.4 is 10.1 Å². The van der Waals surface area contributed by atoms with Crippen molar-refractivity contribution in [1.82, 2.24) is 0 Å². The van der Waals surface area contributed by atoms with Gasteiger partial charge in [-0.25, -0.2) is 0 Å². The Bertz CT molecular complexity index is 902. The van der Waals surface area contributed by atoms with Crippen molar-refractivity contribution in [1.29, 1.82) is 0 Å². The SMILES string of the molecule is COc1ccc2oc(C(=O)Nc3ccc(Cl)cc3Cl)c(C)c2c1. The zero-order chi connectivity index (χ0) is 16.6. The molecule has 1 heterocycles. The maximum atomic E-state index is 12.5. The highest BCUT2D eigenvalue weighted by Gasteiger charge is 2.19. The predicted octanol–water partition coefficient (Wildman–Crippen LogP) is 5.31. The van der Waals surface area contributed by atoms with Crippen LogP contribution >= 0.6 is 23.2 Å². The van der Waals surface area contributed by atoms with E-state index in [2.05, 4.69) is 5.32 Å². The molecule has 23 heavy (non-hydrogen) atoms. The Morgan fingerprint density at radius 2 is 1.96 bits per heavy atom. The molecule has 118 valence electrons. The second-order valence-electron chi connectivity index (χ2n) is 5.00. The van der Waals surface area contributed by atoms with Gasteiger partial charge in [-0.3, -0.25) is 4.79 Å². The molecule has 1 amide bonds. The molecule has 0 aliphatic heterocycles. The summed E-state index contributed by atoms with van der Waals surface area (Å²) in [7, 11) is 1.59. The Kier molecular flexibility index (Phi) is 4.20. The van der Waals surface area contributed by atoms with E-state index < -0.39 is 0 Å². The molecule has 0 aliphatic rings. The van der Waals surface area contributed by atoms with Gasteiger partial charge in [-0.05, 0) is 43.3 Å². The Morgan fingerprint density at radius 3 is 2.65 bits per heavy atom. The summed E-state index contributed by atoms with van der Waals surface area (Å²) in [5.41, 5.74) is 1.83. The summed E-state index contributed by atoms with van der Waals surface area (Å²) in [6, 6.07) is 10.2. The Morgan fingerprint density at radius 1 is 1.17 bits per heavy atom. The maximum absolute atomic E-state index is 12.5. The third-order valence-electron chi connectivity index (χ3n) is 3.53. The van der Waals surface area contributed by atoms with Crippen LogP contribution in [-0.2, 0) is 0 Å². The van der Waals surface area contributed by atoms with Crippen molar-refractivity contribution < 1.29 is 13.9 Å². The molecule has 1 N–H and O–H groups in total. The first-order chi connectivity index (χ1) is 11.0. The average molecular weight is 350 g/mol. The molecule has 6 heteroatoms. The number of methoxy groups -OCH3 is 1. The average Bonchev–Trinajstić information content (AvgIpc) is 2.86. The van der Waals surface area contributed by atoms with Crippen molar-refractivity contribution in [2.75, 3.05) is 12.4 Å². The van der Waals surface area contributed by atoms with Gasteiger partial charge in [0.15, 0.2) is 5.76 Å². The summed E-state index contributed by atoms with van der Waals surface area (Å²) in [5.74, 6) is 0.565. The molecule has 0 aliphatic carbocycles. The number of hydrogen-bond donors (Lipinski definition) is 1. The monoisotopic (exact) mass is 349 g/mol. The lowest BCUT2D eigenvalue weighted by Crippen LogP contribution is -2.12. The standard InChI is InChI=1S/C17H13Cl2NO3/c1-9-12-8-11(22-2)4-6-15(12)23-16(9)17(21)20-14-5-3-10(18)7-13(14)19/h3-8H,1-2H3,(H,20,21). The maximum Gasteiger partial charge on any atom is 0.291 e. The summed E-state index contributed by atoms with van der Waals surface area (Å²) in [6.07, 6.45) is 0. The number of fused-ring (bicyclic) bond motifs is 1. The fourth-order valence-electron chi connectivity index (χ4n) is 2.31. The third kappa shape index (κ3) is 3.00. The zero-order valence-electron chi connectivity index (χ0n) is 12.4. The van der Waals surface area contributed by atoms with E-state index in [9.17, 15) is 4.79 Å². The van der Waals surface area contributed by atoms with Crippen LogP contribution in [-0.4, -0.2) is 13.0 Å². The van der Waals surface area contributed by atoms with E-state index in [1.54, 1.807) is 37.4 Å². The fourth-order valence-corrected chi connectivity index (χ4v) is 2.77. The van der Waals surface area contributed by atoms with Crippen molar-refractivity contribution in [3.63, 3.8) is 0 Å². The van der Waals surface area contributed by atoms with E-state index in [4.69, 9.17) is 32.4 Å². The molecule has 3 rings (SSSR count). The van der Waals surface area contributed by atoms with Gasteiger partial charge in [-0.1, -0.05) is 23.2 Å². The number of ether oxygens (including phenoxy) is 1. The molecular formula is C17H13Cl2NO3. The van der Waals surface area contributed by atoms with Gasteiger partial charge >= 0.3 is 0 Å². The van der Waals surface area contributed by atoms with Crippen molar-refractivity contribution in [3.8, 4) is 5.75 Å². The molecule has 0 unspecified atom stereocenters. The highest BCUT2D eigenvalue weighted by atomic mass is 35.5. The van der Waals surface area contributed by atoms with E-state index in [1.807, 2.05) is 13.0 Å². The molecule has 1 aromatic heterocycles. The van der Waals surface area contributed by atoms with Crippen LogP contribution in [0.1, 0.15) is 16.1 Å². The van der Waals surface area contributed by atoms with Crippen molar-refractivity contribution in [2.24, 2.45) is 0 Å². The summed E-state index contributed by atoms with van der Waals surface area (Å²) in [4.78, 5) is 12.5. The Labute approximate surface area is 142 Å². The van der Waals surface area contributed by atoms with Crippen molar-refractivity contribution >= 4 is 45.8 Å².